The summed E-state index contributed by atoms with van der Waals surface area (Å²) in [5.41, 5.74) is 0. The zero-order valence-corrected chi connectivity index (χ0v) is 20.9. The van der Waals surface area contributed by atoms with E-state index in [1.54, 1.807) is 6.92 Å². The zero-order chi connectivity index (χ0) is 32.1. The van der Waals surface area contributed by atoms with Crippen LogP contribution in [0.1, 0.15) is 20.3 Å². The fraction of sp³-hybridized carbons (Fsp3) is 1.00. The van der Waals surface area contributed by atoms with E-state index in [2.05, 4.69) is 0 Å². The third-order valence-electron chi connectivity index (χ3n) is 5.74. The Bertz CT molecular complexity index is 961. The fourth-order valence-electron chi connectivity index (χ4n) is 2.76. The van der Waals surface area contributed by atoms with E-state index >= 15 is 0 Å². The van der Waals surface area contributed by atoms with E-state index in [9.17, 15) is 83.1 Å². The number of alkyl halides is 17. The van der Waals surface area contributed by atoms with Gasteiger partial charge in [-0.25, -0.2) is 8.42 Å². The lowest BCUT2D eigenvalue weighted by molar-refractivity contribution is -0.888. The van der Waals surface area contributed by atoms with Crippen LogP contribution in [0.15, 0.2) is 0 Å². The summed E-state index contributed by atoms with van der Waals surface area (Å²) < 4.78 is 251. The van der Waals surface area contributed by atoms with E-state index in [1.807, 2.05) is 0 Å². The topological polar surface area (TPSA) is 37.4 Å². The Labute approximate surface area is 210 Å². The fourth-order valence-corrected chi connectivity index (χ4v) is 4.24. The predicted octanol–water partition coefficient (Wildman–Crippen LogP) is 6.09. The summed E-state index contributed by atoms with van der Waals surface area (Å²) in [5, 5.41) is -7.52. The molecule has 0 saturated carbocycles. The highest BCUT2D eigenvalue weighted by Gasteiger charge is 2.96. The van der Waals surface area contributed by atoms with Crippen LogP contribution in [0.25, 0.3) is 0 Å². The molecule has 0 aliphatic heterocycles. The highest BCUT2D eigenvalue weighted by atomic mass is 32.2. The van der Waals surface area contributed by atoms with Crippen LogP contribution in [-0.2, 0) is 10.0 Å². The van der Waals surface area contributed by atoms with Crippen molar-refractivity contribution >= 4 is 10.0 Å². The Kier molecular flexibility index (Phi) is 10.1. The summed E-state index contributed by atoms with van der Waals surface area (Å²) in [4.78, 5) is 0. The molecule has 0 aromatic carbocycles. The Balaban J connectivity index is 6.78. The van der Waals surface area contributed by atoms with Crippen LogP contribution in [0.3, 0.4) is 0 Å². The molecule has 0 N–H and O–H groups in total. The van der Waals surface area contributed by atoms with Crippen LogP contribution in [0, 0.1) is 0 Å². The van der Waals surface area contributed by atoms with Gasteiger partial charge < -0.3 is 4.48 Å². The highest BCUT2D eigenvalue weighted by molar-refractivity contribution is 7.90. The van der Waals surface area contributed by atoms with Gasteiger partial charge >= 0.3 is 47.0 Å². The van der Waals surface area contributed by atoms with Gasteiger partial charge in [0.05, 0.1) is 27.2 Å². The summed E-state index contributed by atoms with van der Waals surface area (Å²) >= 11 is 0. The Morgan fingerprint density at radius 3 is 1.23 bits per heavy atom. The maximum atomic E-state index is 14.3. The molecular formula is C17H22F17N2O2S+. The smallest absolute Gasteiger partial charge is 0.329 e. The number of hydrogen-bond acceptors (Lipinski definition) is 2. The molecule has 0 radical (unpaired) electrons. The summed E-state index contributed by atoms with van der Waals surface area (Å²) in [6, 6.07) is 0. The largest absolute Gasteiger partial charge is 0.460 e. The predicted molar refractivity (Wildman–Crippen MR) is 99.0 cm³/mol. The lowest BCUT2D eigenvalue weighted by Gasteiger charge is -2.43. The molecule has 0 saturated heterocycles. The van der Waals surface area contributed by atoms with Crippen molar-refractivity contribution in [3.63, 3.8) is 0 Å². The molecule has 0 aliphatic carbocycles. The number of nitrogens with zero attached hydrogens (tertiary/aromatic N) is 2. The highest BCUT2D eigenvalue weighted by Crippen LogP contribution is 2.64. The van der Waals surface area contributed by atoms with Gasteiger partial charge in [0.15, 0.2) is 0 Å². The average Bonchev–Trinajstić information content (AvgIpc) is 2.74. The summed E-state index contributed by atoms with van der Waals surface area (Å²) in [7, 11) is -4.22. The number of hydrogen-bond donors (Lipinski definition) is 0. The molecule has 0 amide bonds. The standard InChI is InChI=1S/C17H22F17N2O2S/c1-5-35(8-7-9-36(3,4)6-2)39(37,38)17(33,34)15(28,29)13(24,25)11(20,21)10(18,19)12(22,23)14(26,27)16(30,31)32/h5-9H2,1-4H3/q+1. The molecule has 4 nitrogen and oxygen atoms in total. The second-order valence-electron chi connectivity index (χ2n) is 8.79. The molecule has 0 spiro atoms. The minimum Gasteiger partial charge on any atom is -0.329 e. The van der Waals surface area contributed by atoms with Crippen LogP contribution >= 0.6 is 0 Å². The van der Waals surface area contributed by atoms with E-state index < -0.39 is 80.8 Å². The summed E-state index contributed by atoms with van der Waals surface area (Å²) in [6.07, 6.45) is -8.33. The maximum Gasteiger partial charge on any atom is 0.460 e. The monoisotopic (exact) mass is 641 g/mol. The third-order valence-corrected chi connectivity index (χ3v) is 7.76. The van der Waals surface area contributed by atoms with Crippen molar-refractivity contribution in [1.29, 1.82) is 0 Å². The first-order valence-electron chi connectivity index (χ1n) is 10.3. The summed E-state index contributed by atoms with van der Waals surface area (Å²) in [5.74, 6) is -51.6. The van der Waals surface area contributed by atoms with Crippen LogP contribution in [0.4, 0.5) is 74.6 Å². The first kappa shape index (κ1) is 37.7. The lowest BCUT2D eigenvalue weighted by atomic mass is 9.91. The summed E-state index contributed by atoms with van der Waals surface area (Å²) in [6.45, 7) is 0.108. The normalized spacial score (nSPS) is 16.3. The minimum atomic E-state index is -8.83. The zero-order valence-electron chi connectivity index (χ0n) is 20.1. The Morgan fingerprint density at radius 1 is 0.590 bits per heavy atom. The van der Waals surface area contributed by atoms with Crippen molar-refractivity contribution < 1.29 is 87.5 Å². The van der Waals surface area contributed by atoms with E-state index in [4.69, 9.17) is 0 Å². The maximum absolute atomic E-state index is 14.3. The van der Waals surface area contributed by atoms with Gasteiger partial charge in [-0.3, -0.25) is 0 Å². The third kappa shape index (κ3) is 5.61. The van der Waals surface area contributed by atoms with Crippen molar-refractivity contribution in [2.24, 2.45) is 0 Å². The second-order valence-corrected chi connectivity index (χ2v) is 10.8. The lowest BCUT2D eigenvalue weighted by Crippen LogP contribution is -2.75. The van der Waals surface area contributed by atoms with Crippen molar-refractivity contribution in [1.82, 2.24) is 4.31 Å². The molecule has 0 aliphatic rings. The average molecular weight is 641 g/mol. The Hall–Kier alpha value is -1.32. The first-order valence-corrected chi connectivity index (χ1v) is 11.7. The van der Waals surface area contributed by atoms with Crippen molar-refractivity contribution in [3.8, 4) is 0 Å². The molecule has 0 atom stereocenters. The van der Waals surface area contributed by atoms with Crippen LogP contribution in [0.5, 0.6) is 0 Å². The molecule has 236 valence electrons. The molecule has 22 heteroatoms. The molecular weight excluding hydrogens is 619 g/mol. The molecule has 0 unspecified atom stereocenters. The van der Waals surface area contributed by atoms with Crippen molar-refractivity contribution in [3.05, 3.63) is 0 Å². The molecule has 0 aromatic rings. The second kappa shape index (κ2) is 10.5. The molecule has 0 heterocycles. The molecule has 0 rings (SSSR count). The van der Waals surface area contributed by atoms with E-state index in [1.165, 1.54) is 14.1 Å². The quantitative estimate of drug-likeness (QED) is 0.170. The van der Waals surface area contributed by atoms with Crippen molar-refractivity contribution in [2.45, 2.75) is 67.2 Å². The first-order chi connectivity index (χ1) is 16.7. The Morgan fingerprint density at radius 2 is 0.923 bits per heavy atom. The van der Waals surface area contributed by atoms with E-state index in [0.717, 1.165) is 0 Å². The molecule has 0 fully saturated rings. The number of halogens is 17. The van der Waals surface area contributed by atoms with Crippen LogP contribution < -0.4 is 0 Å². The number of rotatable bonds is 14. The van der Waals surface area contributed by atoms with Gasteiger partial charge in [0.25, 0.3) is 10.0 Å². The van der Waals surface area contributed by atoms with Gasteiger partial charge in [0, 0.05) is 19.5 Å². The van der Waals surface area contributed by atoms with Crippen LogP contribution in [-0.4, -0.2) is 104 Å². The van der Waals surface area contributed by atoms with Crippen molar-refractivity contribution in [2.75, 3.05) is 40.3 Å². The van der Waals surface area contributed by atoms with Crippen LogP contribution in [0.2, 0.25) is 0 Å². The number of sulfonamides is 1. The van der Waals surface area contributed by atoms with Gasteiger partial charge in [-0.2, -0.15) is 78.9 Å². The minimum absolute atomic E-state index is 0.0559. The molecule has 0 aromatic heterocycles. The van der Waals surface area contributed by atoms with Gasteiger partial charge in [-0.1, -0.05) is 6.92 Å². The number of quaternary nitrogens is 1. The van der Waals surface area contributed by atoms with Gasteiger partial charge in [0.2, 0.25) is 0 Å². The van der Waals surface area contributed by atoms with Gasteiger partial charge in [0.1, 0.15) is 0 Å². The van der Waals surface area contributed by atoms with E-state index in [0.29, 0.717) is 13.5 Å². The molecule has 39 heavy (non-hydrogen) atoms. The molecule has 0 bridgehead atoms. The SMILES string of the molecule is CCN(CCC[N+](C)(C)CC)S(=O)(=O)C(F)(F)C(F)(F)C(F)(F)C(F)(F)C(F)(F)C(F)(F)C(F)(F)C(F)(F)F. The van der Waals surface area contributed by atoms with E-state index in [-0.39, 0.29) is 11.0 Å². The van der Waals surface area contributed by atoms with Gasteiger partial charge in [-0.05, 0) is 6.92 Å². The van der Waals surface area contributed by atoms with Gasteiger partial charge in [-0.15, -0.1) is 0 Å².